The lowest BCUT2D eigenvalue weighted by Gasteiger charge is -2.27. The van der Waals surface area contributed by atoms with Gasteiger partial charge in [0.25, 0.3) is 11.8 Å². The molecule has 0 saturated carbocycles. The Kier molecular flexibility index (Phi) is 5.71. The first-order chi connectivity index (χ1) is 12.6. The largest absolute Gasteiger partial charge is 0.339 e. The molecule has 0 spiro atoms. The number of anilines is 1. The molecule has 1 fully saturated rings. The Morgan fingerprint density at radius 1 is 0.962 bits per heavy atom. The number of rotatable bonds is 4. The predicted octanol–water partition coefficient (Wildman–Crippen LogP) is 4.29. The SMILES string of the molecule is CCN(C(=O)c1ccc(C(=O)N2CCCCC2)cc1)c1cccc(C)c1. The van der Waals surface area contributed by atoms with Gasteiger partial charge in [-0.2, -0.15) is 0 Å². The molecule has 2 aromatic rings. The molecule has 4 heteroatoms. The van der Waals surface area contributed by atoms with Gasteiger partial charge in [0.05, 0.1) is 0 Å². The van der Waals surface area contributed by atoms with Crippen LogP contribution >= 0.6 is 0 Å². The number of hydrogen-bond donors (Lipinski definition) is 0. The smallest absolute Gasteiger partial charge is 0.258 e. The van der Waals surface area contributed by atoms with Crippen molar-refractivity contribution < 1.29 is 9.59 Å². The summed E-state index contributed by atoms with van der Waals surface area (Å²) in [5, 5.41) is 0. The first kappa shape index (κ1) is 18.2. The highest BCUT2D eigenvalue weighted by atomic mass is 16.2. The van der Waals surface area contributed by atoms with Gasteiger partial charge in [-0.05, 0) is 75.1 Å². The molecule has 0 bridgehead atoms. The highest BCUT2D eigenvalue weighted by Gasteiger charge is 2.20. The molecule has 2 amide bonds. The number of hydrogen-bond acceptors (Lipinski definition) is 2. The zero-order chi connectivity index (χ0) is 18.5. The lowest BCUT2D eigenvalue weighted by atomic mass is 10.1. The summed E-state index contributed by atoms with van der Waals surface area (Å²) in [4.78, 5) is 29.1. The van der Waals surface area contributed by atoms with E-state index < -0.39 is 0 Å². The molecule has 1 aliphatic heterocycles. The van der Waals surface area contributed by atoms with Crippen molar-refractivity contribution in [3.05, 3.63) is 65.2 Å². The van der Waals surface area contributed by atoms with Crippen molar-refractivity contribution in [2.75, 3.05) is 24.5 Å². The van der Waals surface area contributed by atoms with Crippen molar-refractivity contribution >= 4 is 17.5 Å². The second-order valence-corrected chi connectivity index (χ2v) is 6.82. The molecule has 0 atom stereocenters. The summed E-state index contributed by atoms with van der Waals surface area (Å²) >= 11 is 0. The maximum absolute atomic E-state index is 12.9. The second-order valence-electron chi connectivity index (χ2n) is 6.82. The fourth-order valence-corrected chi connectivity index (χ4v) is 3.43. The van der Waals surface area contributed by atoms with Crippen molar-refractivity contribution in [3.63, 3.8) is 0 Å². The summed E-state index contributed by atoms with van der Waals surface area (Å²) in [5.41, 5.74) is 3.27. The third-order valence-electron chi connectivity index (χ3n) is 4.90. The Labute approximate surface area is 155 Å². The first-order valence-electron chi connectivity index (χ1n) is 9.38. The average Bonchev–Trinajstić information content (AvgIpc) is 2.69. The summed E-state index contributed by atoms with van der Waals surface area (Å²) in [7, 11) is 0. The lowest BCUT2D eigenvalue weighted by molar-refractivity contribution is 0.0724. The number of carbonyl (C=O) groups excluding carboxylic acids is 2. The second kappa shape index (κ2) is 8.17. The van der Waals surface area contributed by atoms with Crippen LogP contribution in [0.25, 0.3) is 0 Å². The molecule has 136 valence electrons. The van der Waals surface area contributed by atoms with Gasteiger partial charge in [0.2, 0.25) is 0 Å². The zero-order valence-electron chi connectivity index (χ0n) is 15.6. The lowest BCUT2D eigenvalue weighted by Crippen LogP contribution is -2.35. The quantitative estimate of drug-likeness (QED) is 0.825. The molecule has 0 unspecified atom stereocenters. The van der Waals surface area contributed by atoms with Crippen LogP contribution in [0.15, 0.2) is 48.5 Å². The maximum Gasteiger partial charge on any atom is 0.258 e. The van der Waals surface area contributed by atoms with E-state index in [1.807, 2.05) is 43.0 Å². The molecule has 1 aliphatic rings. The van der Waals surface area contributed by atoms with E-state index in [0.717, 1.165) is 37.2 Å². The molecule has 0 N–H and O–H groups in total. The Balaban J connectivity index is 1.76. The van der Waals surface area contributed by atoms with Crippen molar-refractivity contribution in [3.8, 4) is 0 Å². The Morgan fingerprint density at radius 3 is 2.23 bits per heavy atom. The molecule has 1 heterocycles. The van der Waals surface area contributed by atoms with E-state index in [1.165, 1.54) is 6.42 Å². The monoisotopic (exact) mass is 350 g/mol. The topological polar surface area (TPSA) is 40.6 Å². The van der Waals surface area contributed by atoms with Crippen LogP contribution in [-0.4, -0.2) is 36.3 Å². The molecule has 0 radical (unpaired) electrons. The van der Waals surface area contributed by atoms with Gasteiger partial charge in [0.15, 0.2) is 0 Å². The van der Waals surface area contributed by atoms with Crippen LogP contribution in [0, 0.1) is 6.92 Å². The standard InChI is InChI=1S/C22H26N2O2/c1-3-24(20-9-7-8-17(2)16-20)22(26)19-12-10-18(11-13-19)21(25)23-14-5-4-6-15-23/h7-13,16H,3-6,14-15H2,1-2H3. The molecule has 0 aromatic heterocycles. The number of aryl methyl sites for hydroxylation is 1. The Bertz CT molecular complexity index is 777. The number of piperidine rings is 1. The van der Waals surface area contributed by atoms with E-state index in [1.54, 1.807) is 29.2 Å². The number of nitrogens with zero attached hydrogens (tertiary/aromatic N) is 2. The van der Waals surface area contributed by atoms with Crippen molar-refractivity contribution in [1.29, 1.82) is 0 Å². The van der Waals surface area contributed by atoms with E-state index >= 15 is 0 Å². The predicted molar refractivity (Wildman–Crippen MR) is 105 cm³/mol. The third-order valence-corrected chi connectivity index (χ3v) is 4.90. The first-order valence-corrected chi connectivity index (χ1v) is 9.38. The van der Waals surface area contributed by atoms with Gasteiger partial charge in [-0.1, -0.05) is 12.1 Å². The van der Waals surface area contributed by atoms with Gasteiger partial charge < -0.3 is 9.80 Å². The molecule has 3 rings (SSSR count). The van der Waals surface area contributed by atoms with Crippen LogP contribution in [0.4, 0.5) is 5.69 Å². The van der Waals surface area contributed by atoms with Crippen LogP contribution in [0.3, 0.4) is 0 Å². The Morgan fingerprint density at radius 2 is 1.62 bits per heavy atom. The fraction of sp³-hybridized carbons (Fsp3) is 0.364. The summed E-state index contributed by atoms with van der Waals surface area (Å²) in [5.74, 6) is 0.0183. The highest BCUT2D eigenvalue weighted by molar-refractivity contribution is 6.06. The highest BCUT2D eigenvalue weighted by Crippen LogP contribution is 2.19. The number of amides is 2. The zero-order valence-corrected chi connectivity index (χ0v) is 15.6. The van der Waals surface area contributed by atoms with E-state index in [-0.39, 0.29) is 11.8 Å². The summed E-state index contributed by atoms with van der Waals surface area (Å²) in [6, 6.07) is 15.0. The summed E-state index contributed by atoms with van der Waals surface area (Å²) in [6.45, 7) is 6.24. The van der Waals surface area contributed by atoms with Crippen LogP contribution in [0.1, 0.15) is 52.5 Å². The summed E-state index contributed by atoms with van der Waals surface area (Å²) in [6.07, 6.45) is 3.34. The van der Waals surface area contributed by atoms with Gasteiger partial charge in [-0.25, -0.2) is 0 Å². The normalized spacial score (nSPS) is 14.2. The number of benzene rings is 2. The van der Waals surface area contributed by atoms with Crippen molar-refractivity contribution in [2.45, 2.75) is 33.1 Å². The molecular formula is C22H26N2O2. The van der Waals surface area contributed by atoms with E-state index in [9.17, 15) is 9.59 Å². The Hall–Kier alpha value is -2.62. The van der Waals surface area contributed by atoms with Crippen molar-refractivity contribution in [1.82, 2.24) is 4.90 Å². The van der Waals surface area contributed by atoms with Gasteiger partial charge >= 0.3 is 0 Å². The number of likely N-dealkylation sites (tertiary alicyclic amines) is 1. The molecule has 0 aliphatic carbocycles. The minimum Gasteiger partial charge on any atom is -0.339 e. The van der Waals surface area contributed by atoms with Crippen molar-refractivity contribution in [2.24, 2.45) is 0 Å². The van der Waals surface area contributed by atoms with E-state index in [2.05, 4.69) is 0 Å². The summed E-state index contributed by atoms with van der Waals surface area (Å²) < 4.78 is 0. The van der Waals surface area contributed by atoms with Crippen LogP contribution in [0.2, 0.25) is 0 Å². The van der Waals surface area contributed by atoms with Crippen LogP contribution in [-0.2, 0) is 0 Å². The van der Waals surface area contributed by atoms with Gasteiger partial charge in [0, 0.05) is 36.4 Å². The van der Waals surface area contributed by atoms with Gasteiger partial charge in [-0.3, -0.25) is 9.59 Å². The molecular weight excluding hydrogens is 324 g/mol. The van der Waals surface area contributed by atoms with Gasteiger partial charge in [-0.15, -0.1) is 0 Å². The molecule has 26 heavy (non-hydrogen) atoms. The third kappa shape index (κ3) is 3.96. The van der Waals surface area contributed by atoms with Crippen LogP contribution < -0.4 is 4.90 Å². The van der Waals surface area contributed by atoms with E-state index in [4.69, 9.17) is 0 Å². The molecule has 4 nitrogen and oxygen atoms in total. The molecule has 1 saturated heterocycles. The maximum atomic E-state index is 12.9. The molecule has 2 aromatic carbocycles. The van der Waals surface area contributed by atoms with Gasteiger partial charge in [0.1, 0.15) is 0 Å². The van der Waals surface area contributed by atoms with Crippen LogP contribution in [0.5, 0.6) is 0 Å². The number of carbonyl (C=O) groups is 2. The fourth-order valence-electron chi connectivity index (χ4n) is 3.43. The van der Waals surface area contributed by atoms with E-state index in [0.29, 0.717) is 17.7 Å². The minimum atomic E-state index is -0.0462. The average molecular weight is 350 g/mol. The minimum absolute atomic E-state index is 0.0462.